The van der Waals surface area contributed by atoms with E-state index in [9.17, 15) is 22.8 Å². The summed E-state index contributed by atoms with van der Waals surface area (Å²) in [7, 11) is 1.34. The number of hydrogen-bond donors (Lipinski definition) is 2. The Morgan fingerprint density at radius 1 is 1.42 bits per heavy atom. The Hall–Kier alpha value is -2.52. The van der Waals surface area contributed by atoms with Gasteiger partial charge in [-0.3, -0.25) is 4.79 Å². The van der Waals surface area contributed by atoms with Gasteiger partial charge in [-0.1, -0.05) is 0 Å². The standard InChI is InChI=1S/C14H16F3N3O4/c1-7-3-10(11(24-2)18-4-7)19-13(23)20-5-8(12(21)22)9(6-20)14(15,16)17/h3-4,8-9H,5-6H2,1-2H3,(H,19,23)(H,21,22)/t8-,9-/m1/s1. The molecule has 10 heteroatoms. The number of amides is 2. The minimum absolute atomic E-state index is 0.107. The first-order valence-corrected chi connectivity index (χ1v) is 6.99. The topological polar surface area (TPSA) is 91.8 Å². The maximum absolute atomic E-state index is 13.0. The van der Waals surface area contributed by atoms with Crippen LogP contribution in [-0.2, 0) is 4.79 Å². The number of hydrogen-bond acceptors (Lipinski definition) is 4. The summed E-state index contributed by atoms with van der Waals surface area (Å²) >= 11 is 0. The van der Waals surface area contributed by atoms with Gasteiger partial charge in [0.1, 0.15) is 5.69 Å². The third-order valence-electron chi connectivity index (χ3n) is 3.77. The fraction of sp³-hybridized carbons (Fsp3) is 0.500. The minimum Gasteiger partial charge on any atom is -0.481 e. The number of pyridine rings is 1. The van der Waals surface area contributed by atoms with E-state index in [0.717, 1.165) is 4.90 Å². The molecule has 0 saturated carbocycles. The Balaban J connectivity index is 2.16. The van der Waals surface area contributed by atoms with E-state index in [4.69, 9.17) is 9.84 Å². The van der Waals surface area contributed by atoms with Gasteiger partial charge in [0.2, 0.25) is 5.88 Å². The molecule has 2 N–H and O–H groups in total. The van der Waals surface area contributed by atoms with E-state index in [-0.39, 0.29) is 11.6 Å². The lowest BCUT2D eigenvalue weighted by atomic mass is 9.96. The fourth-order valence-electron chi connectivity index (χ4n) is 2.55. The Kier molecular flexibility index (Phi) is 4.86. The SMILES string of the molecule is COc1ncc(C)cc1NC(=O)N1C[C@@H](C(F)(F)F)[C@H](C(=O)O)C1. The first kappa shape index (κ1) is 17.8. The number of carbonyl (C=O) groups excluding carboxylic acids is 1. The molecular weight excluding hydrogens is 331 g/mol. The van der Waals surface area contributed by atoms with Crippen LogP contribution < -0.4 is 10.1 Å². The van der Waals surface area contributed by atoms with Gasteiger partial charge in [0, 0.05) is 19.3 Å². The summed E-state index contributed by atoms with van der Waals surface area (Å²) in [4.78, 5) is 28.0. The zero-order valence-corrected chi connectivity index (χ0v) is 12.9. The molecule has 1 aliphatic rings. The number of aryl methyl sites for hydroxylation is 1. The second-order valence-electron chi connectivity index (χ2n) is 5.50. The Labute approximate surface area is 135 Å². The van der Waals surface area contributed by atoms with Crippen LogP contribution in [0.2, 0.25) is 0 Å². The number of carboxylic acids is 1. The number of alkyl halides is 3. The van der Waals surface area contributed by atoms with Crippen molar-refractivity contribution in [2.45, 2.75) is 13.1 Å². The van der Waals surface area contributed by atoms with E-state index in [1.807, 2.05) is 0 Å². The van der Waals surface area contributed by atoms with Crippen molar-refractivity contribution in [3.8, 4) is 5.88 Å². The molecule has 0 radical (unpaired) electrons. The molecule has 2 rings (SSSR count). The number of aliphatic carboxylic acids is 1. The summed E-state index contributed by atoms with van der Waals surface area (Å²) in [5.74, 6) is -5.26. The molecule has 2 amide bonds. The average Bonchev–Trinajstić information content (AvgIpc) is 2.93. The lowest BCUT2D eigenvalue weighted by Crippen LogP contribution is -2.35. The van der Waals surface area contributed by atoms with E-state index in [1.165, 1.54) is 13.3 Å². The number of carbonyl (C=O) groups is 2. The van der Waals surface area contributed by atoms with Crippen molar-refractivity contribution in [2.75, 3.05) is 25.5 Å². The van der Waals surface area contributed by atoms with E-state index in [0.29, 0.717) is 5.56 Å². The monoisotopic (exact) mass is 347 g/mol. The van der Waals surface area contributed by atoms with Crippen molar-refractivity contribution in [1.29, 1.82) is 0 Å². The van der Waals surface area contributed by atoms with Gasteiger partial charge in [0.15, 0.2) is 0 Å². The van der Waals surface area contributed by atoms with Crippen molar-refractivity contribution in [2.24, 2.45) is 11.8 Å². The summed E-state index contributed by atoms with van der Waals surface area (Å²) in [6, 6.07) is 0.717. The van der Waals surface area contributed by atoms with Crippen molar-refractivity contribution >= 4 is 17.7 Å². The van der Waals surface area contributed by atoms with Crippen molar-refractivity contribution in [3.63, 3.8) is 0 Å². The minimum atomic E-state index is -4.69. The number of halogens is 3. The Morgan fingerprint density at radius 2 is 2.08 bits per heavy atom. The molecule has 1 fully saturated rings. The average molecular weight is 347 g/mol. The van der Waals surface area contributed by atoms with Crippen molar-refractivity contribution in [1.82, 2.24) is 9.88 Å². The molecule has 1 aromatic heterocycles. The first-order chi connectivity index (χ1) is 11.1. The highest BCUT2D eigenvalue weighted by molar-refractivity contribution is 5.91. The van der Waals surface area contributed by atoms with E-state index >= 15 is 0 Å². The van der Waals surface area contributed by atoms with E-state index in [2.05, 4.69) is 10.3 Å². The maximum atomic E-state index is 13.0. The molecule has 2 atom stereocenters. The van der Waals surface area contributed by atoms with Crippen LogP contribution in [0.3, 0.4) is 0 Å². The van der Waals surface area contributed by atoms with Gasteiger partial charge < -0.3 is 20.1 Å². The van der Waals surface area contributed by atoms with Crippen molar-refractivity contribution in [3.05, 3.63) is 17.8 Å². The number of carboxylic acid groups (broad SMARTS) is 1. The van der Waals surface area contributed by atoms with Crippen LogP contribution in [0.25, 0.3) is 0 Å². The lowest BCUT2D eigenvalue weighted by molar-refractivity contribution is -0.187. The number of aromatic nitrogens is 1. The van der Waals surface area contributed by atoms with Crippen LogP contribution >= 0.6 is 0 Å². The molecule has 0 spiro atoms. The molecule has 0 unspecified atom stereocenters. The predicted octanol–water partition coefficient (Wildman–Crippen LogP) is 2.13. The third kappa shape index (κ3) is 3.69. The highest BCUT2D eigenvalue weighted by atomic mass is 19.4. The van der Waals surface area contributed by atoms with E-state index in [1.54, 1.807) is 13.0 Å². The zero-order valence-electron chi connectivity index (χ0n) is 12.9. The number of urea groups is 1. The van der Waals surface area contributed by atoms with E-state index < -0.39 is 43.1 Å². The molecule has 0 bridgehead atoms. The molecule has 0 aliphatic carbocycles. The second-order valence-corrected chi connectivity index (χ2v) is 5.50. The van der Waals surface area contributed by atoms with Gasteiger partial charge >= 0.3 is 18.2 Å². The first-order valence-electron chi connectivity index (χ1n) is 6.99. The van der Waals surface area contributed by atoms with Gasteiger partial charge in [0.05, 0.1) is 18.9 Å². The second kappa shape index (κ2) is 6.54. The van der Waals surface area contributed by atoms with Gasteiger partial charge in [-0.15, -0.1) is 0 Å². The molecular formula is C14H16F3N3O4. The number of ether oxygens (including phenoxy) is 1. The molecule has 132 valence electrons. The highest BCUT2D eigenvalue weighted by Gasteiger charge is 2.53. The van der Waals surface area contributed by atoms with Gasteiger partial charge in [0.25, 0.3) is 0 Å². The molecule has 0 aromatic carbocycles. The van der Waals surface area contributed by atoms with Crippen LogP contribution in [0.15, 0.2) is 12.3 Å². The lowest BCUT2D eigenvalue weighted by Gasteiger charge is -2.19. The predicted molar refractivity (Wildman–Crippen MR) is 76.8 cm³/mol. The molecule has 2 heterocycles. The quantitative estimate of drug-likeness (QED) is 0.874. The van der Waals surface area contributed by atoms with Crippen molar-refractivity contribution < 1.29 is 32.6 Å². The van der Waals surface area contributed by atoms with Gasteiger partial charge in [-0.2, -0.15) is 13.2 Å². The van der Waals surface area contributed by atoms with Crippen LogP contribution in [0, 0.1) is 18.8 Å². The molecule has 1 aromatic rings. The number of likely N-dealkylation sites (tertiary alicyclic amines) is 1. The zero-order chi connectivity index (χ0) is 18.1. The number of methoxy groups -OCH3 is 1. The summed E-state index contributed by atoms with van der Waals surface area (Å²) in [5, 5.41) is 11.4. The number of anilines is 1. The molecule has 24 heavy (non-hydrogen) atoms. The third-order valence-corrected chi connectivity index (χ3v) is 3.77. The summed E-state index contributed by atoms with van der Waals surface area (Å²) in [6.07, 6.45) is -3.19. The van der Waals surface area contributed by atoms with Crippen LogP contribution in [0.5, 0.6) is 5.88 Å². The smallest absolute Gasteiger partial charge is 0.394 e. The normalized spacial score (nSPS) is 20.8. The largest absolute Gasteiger partial charge is 0.481 e. The Morgan fingerprint density at radius 3 is 2.58 bits per heavy atom. The Bertz CT molecular complexity index is 651. The number of nitrogens with zero attached hydrogens (tertiary/aromatic N) is 2. The highest BCUT2D eigenvalue weighted by Crippen LogP contribution is 2.38. The molecule has 1 aliphatic heterocycles. The van der Waals surface area contributed by atoms with Gasteiger partial charge in [-0.05, 0) is 18.6 Å². The van der Waals surface area contributed by atoms with Crippen LogP contribution in [0.1, 0.15) is 5.56 Å². The van der Waals surface area contributed by atoms with Crippen LogP contribution in [-0.4, -0.2) is 53.4 Å². The van der Waals surface area contributed by atoms with Gasteiger partial charge in [-0.25, -0.2) is 9.78 Å². The summed E-state index contributed by atoms with van der Waals surface area (Å²) < 4.78 is 43.8. The maximum Gasteiger partial charge on any atom is 0.394 e. The number of nitrogens with one attached hydrogen (secondary N) is 1. The summed E-state index contributed by atoms with van der Waals surface area (Å²) in [6.45, 7) is 0.485. The molecule has 7 nitrogen and oxygen atoms in total. The fourth-order valence-corrected chi connectivity index (χ4v) is 2.55. The number of rotatable bonds is 3. The van der Waals surface area contributed by atoms with Crippen LogP contribution in [0.4, 0.5) is 23.7 Å². The summed E-state index contributed by atoms with van der Waals surface area (Å²) in [5.41, 5.74) is 0.911. The molecule has 1 saturated heterocycles.